The highest BCUT2D eigenvalue weighted by molar-refractivity contribution is 8.13. The molecule has 5 heteroatoms. The second kappa shape index (κ2) is 5.49. The van der Waals surface area contributed by atoms with Crippen LogP contribution in [-0.2, 0) is 20.4 Å². The SMILES string of the molecule is CC(CS(=O)(=O)Cl)OCc1ccccc1. The molecule has 0 aliphatic rings. The largest absolute Gasteiger partial charge is 0.373 e. The third kappa shape index (κ3) is 5.77. The summed E-state index contributed by atoms with van der Waals surface area (Å²) in [5, 5.41) is 0. The summed E-state index contributed by atoms with van der Waals surface area (Å²) >= 11 is 0. The Morgan fingerprint density at radius 1 is 1.33 bits per heavy atom. The van der Waals surface area contributed by atoms with Gasteiger partial charge in [0.05, 0.1) is 18.5 Å². The van der Waals surface area contributed by atoms with E-state index in [0.717, 1.165) is 5.56 Å². The highest BCUT2D eigenvalue weighted by atomic mass is 35.7. The minimum atomic E-state index is -3.48. The first-order valence-corrected chi connectivity index (χ1v) is 7.03. The third-order valence-electron chi connectivity index (χ3n) is 1.81. The Morgan fingerprint density at radius 3 is 2.47 bits per heavy atom. The van der Waals surface area contributed by atoms with E-state index in [-0.39, 0.29) is 5.75 Å². The molecular formula is C10H13ClO3S. The van der Waals surface area contributed by atoms with Crippen LogP contribution in [-0.4, -0.2) is 20.3 Å². The first kappa shape index (κ1) is 12.5. The van der Waals surface area contributed by atoms with E-state index < -0.39 is 15.2 Å². The van der Waals surface area contributed by atoms with Gasteiger partial charge in [0.1, 0.15) is 0 Å². The van der Waals surface area contributed by atoms with E-state index in [1.54, 1.807) is 6.92 Å². The van der Waals surface area contributed by atoms with E-state index in [4.69, 9.17) is 15.4 Å². The average Bonchev–Trinajstić information content (AvgIpc) is 2.14. The molecule has 15 heavy (non-hydrogen) atoms. The Labute approximate surface area is 94.4 Å². The van der Waals surface area contributed by atoms with Crippen molar-refractivity contribution in [2.75, 3.05) is 5.75 Å². The van der Waals surface area contributed by atoms with Gasteiger partial charge in [-0.1, -0.05) is 30.3 Å². The maximum atomic E-state index is 10.7. The highest BCUT2D eigenvalue weighted by Gasteiger charge is 2.12. The lowest BCUT2D eigenvalue weighted by Gasteiger charge is -2.10. The molecule has 1 aromatic carbocycles. The van der Waals surface area contributed by atoms with Crippen molar-refractivity contribution in [1.29, 1.82) is 0 Å². The molecule has 3 nitrogen and oxygen atoms in total. The van der Waals surface area contributed by atoms with Crippen molar-refractivity contribution in [2.24, 2.45) is 0 Å². The lowest BCUT2D eigenvalue weighted by atomic mass is 10.2. The lowest BCUT2D eigenvalue weighted by Crippen LogP contribution is -2.17. The summed E-state index contributed by atoms with van der Waals surface area (Å²) in [6, 6.07) is 9.56. The van der Waals surface area contributed by atoms with Crippen molar-refractivity contribution >= 4 is 19.7 Å². The summed E-state index contributed by atoms with van der Waals surface area (Å²) in [5.74, 6) is -0.165. The first-order valence-electron chi connectivity index (χ1n) is 4.55. The number of halogens is 1. The summed E-state index contributed by atoms with van der Waals surface area (Å²) in [7, 11) is 1.62. The van der Waals surface area contributed by atoms with E-state index in [1.807, 2.05) is 30.3 Å². The molecule has 0 fully saturated rings. The Morgan fingerprint density at radius 2 is 1.93 bits per heavy atom. The fraction of sp³-hybridized carbons (Fsp3) is 0.400. The Balaban J connectivity index is 2.38. The van der Waals surface area contributed by atoms with E-state index in [0.29, 0.717) is 6.61 Å². The van der Waals surface area contributed by atoms with Crippen LogP contribution in [0.1, 0.15) is 12.5 Å². The van der Waals surface area contributed by atoms with E-state index in [9.17, 15) is 8.42 Å². The zero-order valence-corrected chi connectivity index (χ0v) is 9.96. The number of rotatable bonds is 5. The van der Waals surface area contributed by atoms with Gasteiger partial charge in [0.15, 0.2) is 0 Å². The summed E-state index contributed by atoms with van der Waals surface area (Å²) in [6.07, 6.45) is -0.396. The van der Waals surface area contributed by atoms with Crippen molar-refractivity contribution in [3.05, 3.63) is 35.9 Å². The molecule has 0 bridgehead atoms. The standard InChI is InChI=1S/C10H13ClO3S/c1-9(8-15(11,12)13)14-7-10-5-3-2-4-6-10/h2-6,9H,7-8H2,1H3. The van der Waals surface area contributed by atoms with Gasteiger partial charge < -0.3 is 4.74 Å². The quantitative estimate of drug-likeness (QED) is 0.750. The molecular weight excluding hydrogens is 236 g/mol. The highest BCUT2D eigenvalue weighted by Crippen LogP contribution is 2.06. The second-order valence-corrected chi connectivity index (χ2v) is 6.13. The van der Waals surface area contributed by atoms with Crippen LogP contribution in [0.5, 0.6) is 0 Å². The van der Waals surface area contributed by atoms with Gasteiger partial charge >= 0.3 is 0 Å². The Bertz CT molecular complexity index is 388. The minimum Gasteiger partial charge on any atom is -0.373 e. The van der Waals surface area contributed by atoms with Gasteiger partial charge in [-0.3, -0.25) is 0 Å². The fourth-order valence-corrected chi connectivity index (χ4v) is 2.33. The Hall–Kier alpha value is -0.580. The molecule has 0 saturated carbocycles. The molecule has 1 rings (SSSR count). The van der Waals surface area contributed by atoms with Crippen LogP contribution in [0.2, 0.25) is 0 Å². The fourth-order valence-electron chi connectivity index (χ4n) is 1.14. The van der Waals surface area contributed by atoms with Crippen molar-refractivity contribution in [3.8, 4) is 0 Å². The summed E-state index contributed by atoms with van der Waals surface area (Å²) in [4.78, 5) is 0. The van der Waals surface area contributed by atoms with Crippen LogP contribution in [0.25, 0.3) is 0 Å². The lowest BCUT2D eigenvalue weighted by molar-refractivity contribution is 0.0679. The molecule has 0 saturated heterocycles. The van der Waals surface area contributed by atoms with Gasteiger partial charge in [0.2, 0.25) is 9.05 Å². The molecule has 0 aliphatic heterocycles. The number of benzene rings is 1. The van der Waals surface area contributed by atoms with Gasteiger partial charge in [-0.15, -0.1) is 0 Å². The predicted octanol–water partition coefficient (Wildman–Crippen LogP) is 2.16. The maximum Gasteiger partial charge on any atom is 0.235 e. The smallest absolute Gasteiger partial charge is 0.235 e. The molecule has 0 heterocycles. The monoisotopic (exact) mass is 248 g/mol. The average molecular weight is 249 g/mol. The predicted molar refractivity (Wildman–Crippen MR) is 60.3 cm³/mol. The number of ether oxygens (including phenoxy) is 1. The molecule has 0 aromatic heterocycles. The van der Waals surface area contributed by atoms with Gasteiger partial charge in [0, 0.05) is 10.7 Å². The van der Waals surface area contributed by atoms with Crippen molar-refractivity contribution in [2.45, 2.75) is 19.6 Å². The van der Waals surface area contributed by atoms with Gasteiger partial charge in [-0.05, 0) is 12.5 Å². The zero-order chi connectivity index (χ0) is 11.3. The van der Waals surface area contributed by atoms with Crippen LogP contribution in [0.4, 0.5) is 0 Å². The summed E-state index contributed by atoms with van der Waals surface area (Å²) in [5.41, 5.74) is 1.01. The first-order chi connectivity index (χ1) is 6.97. The molecule has 0 N–H and O–H groups in total. The van der Waals surface area contributed by atoms with Crippen LogP contribution in [0.15, 0.2) is 30.3 Å². The van der Waals surface area contributed by atoms with Gasteiger partial charge in [-0.25, -0.2) is 8.42 Å². The molecule has 0 aliphatic carbocycles. The van der Waals surface area contributed by atoms with Crippen molar-refractivity contribution in [1.82, 2.24) is 0 Å². The van der Waals surface area contributed by atoms with E-state index >= 15 is 0 Å². The van der Waals surface area contributed by atoms with Gasteiger partial charge in [-0.2, -0.15) is 0 Å². The number of hydrogen-bond donors (Lipinski definition) is 0. The second-order valence-electron chi connectivity index (χ2n) is 3.31. The van der Waals surface area contributed by atoms with Gasteiger partial charge in [0.25, 0.3) is 0 Å². The molecule has 1 atom stereocenters. The molecule has 84 valence electrons. The van der Waals surface area contributed by atoms with Crippen molar-refractivity contribution in [3.63, 3.8) is 0 Å². The summed E-state index contributed by atoms with van der Waals surface area (Å²) < 4.78 is 26.8. The summed E-state index contributed by atoms with van der Waals surface area (Å²) in [6.45, 7) is 2.08. The van der Waals surface area contributed by atoms with Crippen LogP contribution in [0, 0.1) is 0 Å². The van der Waals surface area contributed by atoms with Crippen LogP contribution >= 0.6 is 10.7 Å². The minimum absolute atomic E-state index is 0.165. The topological polar surface area (TPSA) is 43.4 Å². The molecule has 0 radical (unpaired) electrons. The Kier molecular flexibility index (Phi) is 4.57. The molecule has 0 spiro atoms. The van der Waals surface area contributed by atoms with E-state index in [2.05, 4.69) is 0 Å². The maximum absolute atomic E-state index is 10.7. The molecule has 1 unspecified atom stereocenters. The number of hydrogen-bond acceptors (Lipinski definition) is 3. The van der Waals surface area contributed by atoms with E-state index in [1.165, 1.54) is 0 Å². The third-order valence-corrected chi connectivity index (χ3v) is 3.06. The zero-order valence-electron chi connectivity index (χ0n) is 8.39. The van der Waals surface area contributed by atoms with Crippen LogP contribution < -0.4 is 0 Å². The van der Waals surface area contributed by atoms with Crippen LogP contribution in [0.3, 0.4) is 0 Å². The molecule has 1 aromatic rings. The normalized spacial score (nSPS) is 13.7. The molecule has 0 amide bonds. The van der Waals surface area contributed by atoms with Crippen molar-refractivity contribution < 1.29 is 13.2 Å².